The lowest BCUT2D eigenvalue weighted by molar-refractivity contribution is -0.130. The first-order valence-corrected chi connectivity index (χ1v) is 8.33. The number of fused-ring (bicyclic) bond motifs is 1. The summed E-state index contributed by atoms with van der Waals surface area (Å²) in [5, 5.41) is 0.564. The summed E-state index contributed by atoms with van der Waals surface area (Å²) in [5.74, 6) is 0.133. The van der Waals surface area contributed by atoms with Crippen LogP contribution in [0.1, 0.15) is 32.1 Å². The van der Waals surface area contributed by atoms with Gasteiger partial charge in [0.1, 0.15) is 5.82 Å². The fraction of sp³-hybridized carbons (Fsp3) is 0.438. The van der Waals surface area contributed by atoms with Gasteiger partial charge in [0.15, 0.2) is 4.84 Å². The third kappa shape index (κ3) is 3.35. The maximum Gasteiger partial charge on any atom is 0.261 e. The van der Waals surface area contributed by atoms with Gasteiger partial charge >= 0.3 is 0 Å². The molecule has 2 aromatic rings. The van der Waals surface area contributed by atoms with Crippen LogP contribution in [0.25, 0.3) is 10.9 Å². The van der Waals surface area contributed by atoms with E-state index in [2.05, 4.69) is 4.98 Å². The molecule has 1 aromatic heterocycles. The Hall–Kier alpha value is -1.59. The fourth-order valence-electron chi connectivity index (χ4n) is 2.68. The van der Waals surface area contributed by atoms with Gasteiger partial charge in [-0.3, -0.25) is 14.2 Å². The van der Waals surface area contributed by atoms with E-state index in [0.29, 0.717) is 29.7 Å². The van der Waals surface area contributed by atoms with Crippen LogP contribution in [0.3, 0.4) is 0 Å². The number of halogens is 2. The van der Waals surface area contributed by atoms with Gasteiger partial charge in [-0.1, -0.05) is 42.3 Å². The minimum atomic E-state index is -1.14. The molecule has 0 aliphatic rings. The van der Waals surface area contributed by atoms with Crippen molar-refractivity contribution in [3.05, 3.63) is 40.4 Å². The van der Waals surface area contributed by atoms with Crippen molar-refractivity contribution < 1.29 is 4.79 Å². The molecule has 0 aliphatic carbocycles. The van der Waals surface area contributed by atoms with Crippen LogP contribution in [0.15, 0.2) is 29.1 Å². The highest BCUT2D eigenvalue weighted by atomic mass is 35.5. The third-order valence-corrected chi connectivity index (χ3v) is 4.27. The van der Waals surface area contributed by atoms with Gasteiger partial charge in [-0.05, 0) is 25.5 Å². The summed E-state index contributed by atoms with van der Waals surface area (Å²) in [6.07, 6.45) is 0.591. The summed E-state index contributed by atoms with van der Waals surface area (Å²) in [4.78, 5) is 29.7. The average Bonchev–Trinajstić information content (AvgIpc) is 2.55. The smallest absolute Gasteiger partial charge is 0.261 e. The number of rotatable bonds is 5. The molecule has 1 unspecified atom stereocenters. The molecule has 2 rings (SSSR count). The number of amides is 1. The Morgan fingerprint density at radius 3 is 2.52 bits per heavy atom. The number of hydrogen-bond acceptors (Lipinski definition) is 3. The molecule has 23 heavy (non-hydrogen) atoms. The van der Waals surface area contributed by atoms with E-state index >= 15 is 0 Å². The molecule has 0 bridgehead atoms. The highest BCUT2D eigenvalue weighted by Gasteiger charge is 2.28. The normalized spacial score (nSPS) is 12.6. The minimum Gasteiger partial charge on any atom is -0.333 e. The second kappa shape index (κ2) is 7.32. The Bertz CT molecular complexity index is 773. The molecule has 1 atom stereocenters. The zero-order valence-corrected chi connectivity index (χ0v) is 14.8. The Kier molecular flexibility index (Phi) is 5.65. The zero-order chi connectivity index (χ0) is 17.1. The topological polar surface area (TPSA) is 55.2 Å². The van der Waals surface area contributed by atoms with Crippen molar-refractivity contribution in [2.45, 2.75) is 37.7 Å². The molecule has 5 nitrogen and oxygen atoms in total. The number of carbonyl (C=O) groups excluding carboxylic acids is 1. The molecular weight excluding hydrogens is 337 g/mol. The van der Waals surface area contributed by atoms with E-state index in [1.807, 2.05) is 26.0 Å². The standard InChI is InChI=1S/C16H19Cl2N3O2/c1-4-12(20(3)16(23)13(17)18)14-19-11-9-7-6-8-10(11)15(22)21(14)5-2/h6-9,12-13H,4-5H2,1-3H3. The minimum absolute atomic E-state index is 0.110. The summed E-state index contributed by atoms with van der Waals surface area (Å²) in [6, 6.07) is 6.81. The molecule has 0 radical (unpaired) electrons. The average molecular weight is 356 g/mol. The van der Waals surface area contributed by atoms with Gasteiger partial charge in [0.2, 0.25) is 0 Å². The first-order chi connectivity index (χ1) is 10.9. The van der Waals surface area contributed by atoms with Crippen molar-refractivity contribution in [2.24, 2.45) is 0 Å². The van der Waals surface area contributed by atoms with Crippen molar-refractivity contribution in [1.82, 2.24) is 14.5 Å². The van der Waals surface area contributed by atoms with Crippen molar-refractivity contribution in [3.63, 3.8) is 0 Å². The van der Waals surface area contributed by atoms with E-state index in [9.17, 15) is 9.59 Å². The van der Waals surface area contributed by atoms with Crippen molar-refractivity contribution >= 4 is 40.0 Å². The SMILES string of the molecule is CCC(c1nc2ccccc2c(=O)n1CC)N(C)C(=O)C(Cl)Cl. The van der Waals surface area contributed by atoms with Crippen molar-refractivity contribution in [2.75, 3.05) is 7.05 Å². The van der Waals surface area contributed by atoms with Crippen LogP contribution < -0.4 is 5.56 Å². The van der Waals surface area contributed by atoms with E-state index in [-0.39, 0.29) is 11.6 Å². The van der Waals surface area contributed by atoms with Crippen molar-refractivity contribution in [1.29, 1.82) is 0 Å². The van der Waals surface area contributed by atoms with Crippen LogP contribution >= 0.6 is 23.2 Å². The Morgan fingerprint density at radius 1 is 1.30 bits per heavy atom. The predicted molar refractivity (Wildman–Crippen MR) is 93.0 cm³/mol. The van der Waals surface area contributed by atoms with E-state index in [1.54, 1.807) is 23.7 Å². The number of aromatic nitrogens is 2. The molecule has 0 spiro atoms. The Balaban J connectivity index is 2.64. The Labute approximate surface area is 144 Å². The molecule has 0 saturated carbocycles. The maximum absolute atomic E-state index is 12.7. The van der Waals surface area contributed by atoms with Crippen LogP contribution in [0.5, 0.6) is 0 Å². The lowest BCUT2D eigenvalue weighted by Crippen LogP contribution is -2.38. The molecule has 0 N–H and O–H groups in total. The van der Waals surface area contributed by atoms with Crippen LogP contribution in [0.2, 0.25) is 0 Å². The number of carbonyl (C=O) groups is 1. The quantitative estimate of drug-likeness (QED) is 0.774. The van der Waals surface area contributed by atoms with Gasteiger partial charge in [0.05, 0.1) is 16.9 Å². The second-order valence-corrected chi connectivity index (χ2v) is 6.31. The number of benzene rings is 1. The summed E-state index contributed by atoms with van der Waals surface area (Å²) in [6.45, 7) is 4.27. The van der Waals surface area contributed by atoms with Gasteiger partial charge < -0.3 is 4.90 Å². The van der Waals surface area contributed by atoms with Gasteiger partial charge in [0, 0.05) is 13.6 Å². The lowest BCUT2D eigenvalue weighted by Gasteiger charge is -2.29. The molecular formula is C16H19Cl2N3O2. The van der Waals surface area contributed by atoms with Crippen LogP contribution in [0, 0.1) is 0 Å². The monoisotopic (exact) mass is 355 g/mol. The van der Waals surface area contributed by atoms with E-state index < -0.39 is 10.7 Å². The van der Waals surface area contributed by atoms with Crippen LogP contribution in [0.4, 0.5) is 0 Å². The first-order valence-electron chi connectivity index (χ1n) is 7.46. The van der Waals surface area contributed by atoms with Gasteiger partial charge in [-0.2, -0.15) is 0 Å². The lowest BCUT2D eigenvalue weighted by atomic mass is 10.1. The summed E-state index contributed by atoms with van der Waals surface area (Å²) in [7, 11) is 1.62. The van der Waals surface area contributed by atoms with Gasteiger partial charge in [0.25, 0.3) is 11.5 Å². The van der Waals surface area contributed by atoms with Crippen LogP contribution in [-0.2, 0) is 11.3 Å². The number of para-hydroxylation sites is 1. The number of hydrogen-bond donors (Lipinski definition) is 0. The predicted octanol–water partition coefficient (Wildman–Crippen LogP) is 3.13. The maximum atomic E-state index is 12.7. The molecule has 1 aromatic carbocycles. The van der Waals surface area contributed by atoms with Crippen LogP contribution in [-0.4, -0.2) is 32.2 Å². The molecule has 7 heteroatoms. The van der Waals surface area contributed by atoms with E-state index in [4.69, 9.17) is 23.2 Å². The number of nitrogens with zero attached hydrogens (tertiary/aromatic N) is 3. The van der Waals surface area contributed by atoms with Gasteiger partial charge in [-0.25, -0.2) is 4.98 Å². The van der Waals surface area contributed by atoms with Crippen molar-refractivity contribution in [3.8, 4) is 0 Å². The van der Waals surface area contributed by atoms with E-state index in [1.165, 1.54) is 4.90 Å². The second-order valence-electron chi connectivity index (χ2n) is 5.21. The highest BCUT2D eigenvalue weighted by molar-refractivity contribution is 6.53. The Morgan fingerprint density at radius 2 is 1.96 bits per heavy atom. The number of alkyl halides is 2. The molecule has 0 fully saturated rings. The van der Waals surface area contributed by atoms with E-state index in [0.717, 1.165) is 0 Å². The first kappa shape index (κ1) is 17.8. The molecule has 124 valence electrons. The molecule has 0 aliphatic heterocycles. The zero-order valence-electron chi connectivity index (χ0n) is 13.3. The summed E-state index contributed by atoms with van der Waals surface area (Å²) >= 11 is 11.4. The molecule has 1 amide bonds. The summed E-state index contributed by atoms with van der Waals surface area (Å²) in [5.41, 5.74) is 0.505. The fourth-order valence-corrected chi connectivity index (χ4v) is 2.99. The highest BCUT2D eigenvalue weighted by Crippen LogP contribution is 2.24. The largest absolute Gasteiger partial charge is 0.333 e. The molecule has 0 saturated heterocycles. The third-order valence-electron chi connectivity index (χ3n) is 3.89. The molecule has 1 heterocycles. The summed E-state index contributed by atoms with van der Waals surface area (Å²) < 4.78 is 1.59. The van der Waals surface area contributed by atoms with Gasteiger partial charge in [-0.15, -0.1) is 0 Å².